The van der Waals surface area contributed by atoms with Crippen LogP contribution < -0.4 is 0 Å². The van der Waals surface area contributed by atoms with E-state index in [-0.39, 0.29) is 23.7 Å². The third-order valence-electron chi connectivity index (χ3n) is 4.11. The maximum atomic E-state index is 12.3. The van der Waals surface area contributed by atoms with Crippen LogP contribution in [-0.2, 0) is 0 Å². The van der Waals surface area contributed by atoms with Crippen LogP contribution >= 0.6 is 0 Å². The number of benzene rings is 1. The number of hydrogen-bond donors (Lipinski definition) is 2. The minimum atomic E-state index is -0.314. The summed E-state index contributed by atoms with van der Waals surface area (Å²) < 4.78 is 0. The number of aromatic hydroxyl groups is 1. The number of nitrogens with zero attached hydrogens (tertiary/aromatic N) is 1. The monoisotopic (exact) mass is 277 g/mol. The van der Waals surface area contributed by atoms with Gasteiger partial charge in [0.05, 0.1) is 11.7 Å². The molecule has 0 spiro atoms. The summed E-state index contributed by atoms with van der Waals surface area (Å²) in [5, 5.41) is 19.8. The van der Waals surface area contributed by atoms with E-state index in [2.05, 4.69) is 0 Å². The number of aryl methyl sites for hydroxylation is 1. The van der Waals surface area contributed by atoms with Crippen molar-refractivity contribution in [3.8, 4) is 5.75 Å². The number of carbonyl (C=O) groups is 1. The minimum absolute atomic E-state index is 0.0195. The van der Waals surface area contributed by atoms with Gasteiger partial charge in [-0.1, -0.05) is 18.9 Å². The van der Waals surface area contributed by atoms with Gasteiger partial charge in [0, 0.05) is 19.5 Å². The minimum Gasteiger partial charge on any atom is -0.507 e. The molecule has 1 aromatic carbocycles. The maximum Gasteiger partial charge on any atom is 0.257 e. The van der Waals surface area contributed by atoms with E-state index in [4.69, 9.17) is 0 Å². The fourth-order valence-electron chi connectivity index (χ4n) is 2.86. The standard InChI is InChI=1S/C16H23NO3/c1-11-7-8-13(15(19)9-11)16(20)17(2)10-12-5-3-4-6-14(12)18/h7-9,12,14,18-19H,3-6,10H2,1-2H3. The van der Waals surface area contributed by atoms with Crippen LogP contribution in [0.25, 0.3) is 0 Å². The number of hydrogen-bond acceptors (Lipinski definition) is 3. The first-order valence-corrected chi connectivity index (χ1v) is 7.22. The van der Waals surface area contributed by atoms with Crippen LogP contribution in [0, 0.1) is 12.8 Å². The number of phenols is 1. The molecule has 0 aromatic heterocycles. The van der Waals surface area contributed by atoms with Crippen LogP contribution in [-0.4, -0.2) is 40.7 Å². The van der Waals surface area contributed by atoms with Crippen molar-refractivity contribution < 1.29 is 15.0 Å². The molecule has 4 nitrogen and oxygen atoms in total. The van der Waals surface area contributed by atoms with E-state index in [0.29, 0.717) is 12.1 Å². The summed E-state index contributed by atoms with van der Waals surface area (Å²) in [5.41, 5.74) is 1.24. The average molecular weight is 277 g/mol. The number of rotatable bonds is 3. The topological polar surface area (TPSA) is 60.8 Å². The first-order chi connectivity index (χ1) is 9.49. The lowest BCUT2D eigenvalue weighted by Gasteiger charge is -2.31. The highest BCUT2D eigenvalue weighted by Gasteiger charge is 2.26. The Balaban J connectivity index is 2.04. The molecule has 0 radical (unpaired) electrons. The molecule has 0 heterocycles. The lowest BCUT2D eigenvalue weighted by atomic mass is 9.86. The summed E-state index contributed by atoms with van der Waals surface area (Å²) >= 11 is 0. The largest absolute Gasteiger partial charge is 0.507 e. The Labute approximate surface area is 120 Å². The van der Waals surface area contributed by atoms with Gasteiger partial charge >= 0.3 is 0 Å². The second kappa shape index (κ2) is 6.27. The van der Waals surface area contributed by atoms with E-state index < -0.39 is 0 Å². The van der Waals surface area contributed by atoms with Crippen molar-refractivity contribution in [2.45, 2.75) is 38.7 Å². The first kappa shape index (κ1) is 14.9. The molecule has 0 saturated heterocycles. The molecule has 20 heavy (non-hydrogen) atoms. The lowest BCUT2D eigenvalue weighted by Crippen LogP contribution is -2.38. The summed E-state index contributed by atoms with van der Waals surface area (Å²) in [6.45, 7) is 2.41. The number of aliphatic hydroxyl groups excluding tert-OH is 1. The average Bonchev–Trinajstić information content (AvgIpc) is 2.40. The van der Waals surface area contributed by atoms with Gasteiger partial charge in [-0.25, -0.2) is 0 Å². The Morgan fingerprint density at radius 1 is 1.35 bits per heavy atom. The maximum absolute atomic E-state index is 12.3. The molecule has 1 fully saturated rings. The highest BCUT2D eigenvalue weighted by Crippen LogP contribution is 2.26. The summed E-state index contributed by atoms with van der Waals surface area (Å²) in [4.78, 5) is 13.9. The van der Waals surface area contributed by atoms with E-state index in [1.807, 2.05) is 13.0 Å². The van der Waals surface area contributed by atoms with Crippen LogP contribution in [0.3, 0.4) is 0 Å². The molecular formula is C16H23NO3. The van der Waals surface area contributed by atoms with E-state index in [0.717, 1.165) is 31.2 Å². The fraction of sp³-hybridized carbons (Fsp3) is 0.562. The highest BCUT2D eigenvalue weighted by atomic mass is 16.3. The molecule has 2 atom stereocenters. The normalized spacial score (nSPS) is 22.6. The van der Waals surface area contributed by atoms with Crippen molar-refractivity contribution in [1.29, 1.82) is 0 Å². The summed E-state index contributed by atoms with van der Waals surface area (Å²) in [7, 11) is 1.73. The van der Waals surface area contributed by atoms with Crippen LogP contribution in [0.2, 0.25) is 0 Å². The second-order valence-corrected chi connectivity index (χ2v) is 5.82. The van der Waals surface area contributed by atoms with Gasteiger partial charge in [0.1, 0.15) is 5.75 Å². The first-order valence-electron chi connectivity index (χ1n) is 7.22. The van der Waals surface area contributed by atoms with Crippen molar-refractivity contribution in [3.05, 3.63) is 29.3 Å². The van der Waals surface area contributed by atoms with Crippen molar-refractivity contribution in [1.82, 2.24) is 4.90 Å². The Bertz CT molecular complexity index is 487. The Kier molecular flexibility index (Phi) is 4.65. The summed E-state index contributed by atoms with van der Waals surface area (Å²) in [6.07, 6.45) is 3.64. The SMILES string of the molecule is Cc1ccc(C(=O)N(C)CC2CCCCC2O)c(O)c1. The van der Waals surface area contributed by atoms with Crippen molar-refractivity contribution in [2.75, 3.05) is 13.6 Å². The smallest absolute Gasteiger partial charge is 0.257 e. The zero-order valence-corrected chi connectivity index (χ0v) is 12.2. The van der Waals surface area contributed by atoms with Crippen molar-refractivity contribution in [2.24, 2.45) is 5.92 Å². The molecule has 1 amide bonds. The molecule has 110 valence electrons. The Hall–Kier alpha value is -1.55. The molecule has 1 aliphatic rings. The number of phenolic OH excluding ortho intramolecular Hbond substituents is 1. The fourth-order valence-corrected chi connectivity index (χ4v) is 2.86. The Morgan fingerprint density at radius 2 is 2.05 bits per heavy atom. The lowest BCUT2D eigenvalue weighted by molar-refractivity contribution is 0.0450. The van der Waals surface area contributed by atoms with Crippen LogP contribution in [0.15, 0.2) is 18.2 Å². The van der Waals surface area contributed by atoms with Crippen molar-refractivity contribution >= 4 is 5.91 Å². The van der Waals surface area contributed by atoms with Crippen molar-refractivity contribution in [3.63, 3.8) is 0 Å². The third kappa shape index (κ3) is 3.31. The molecular weight excluding hydrogens is 254 g/mol. The van der Waals surface area contributed by atoms with Gasteiger partial charge in [0.2, 0.25) is 0 Å². The van der Waals surface area contributed by atoms with Gasteiger partial charge in [-0.05, 0) is 37.5 Å². The zero-order valence-electron chi connectivity index (χ0n) is 12.2. The molecule has 1 aromatic rings. The third-order valence-corrected chi connectivity index (χ3v) is 4.11. The predicted molar refractivity (Wildman–Crippen MR) is 77.8 cm³/mol. The van der Waals surface area contributed by atoms with Crippen LogP contribution in [0.1, 0.15) is 41.6 Å². The molecule has 0 bridgehead atoms. The van der Waals surface area contributed by atoms with E-state index >= 15 is 0 Å². The number of carbonyl (C=O) groups excluding carboxylic acids is 1. The molecule has 1 saturated carbocycles. The van der Waals surface area contributed by atoms with Gasteiger partial charge in [-0.3, -0.25) is 4.79 Å². The van der Waals surface area contributed by atoms with Crippen LogP contribution in [0.5, 0.6) is 5.75 Å². The summed E-state index contributed by atoms with van der Waals surface area (Å²) in [6, 6.07) is 5.06. The highest BCUT2D eigenvalue weighted by molar-refractivity contribution is 5.96. The van der Waals surface area contributed by atoms with Gasteiger partial charge in [-0.15, -0.1) is 0 Å². The predicted octanol–water partition coefficient (Wildman–Crippen LogP) is 2.32. The Morgan fingerprint density at radius 3 is 2.70 bits per heavy atom. The van der Waals surface area contributed by atoms with Gasteiger partial charge in [0.25, 0.3) is 5.91 Å². The molecule has 0 aliphatic heterocycles. The van der Waals surface area contributed by atoms with Crippen LogP contribution in [0.4, 0.5) is 0 Å². The van der Waals surface area contributed by atoms with E-state index in [9.17, 15) is 15.0 Å². The van der Waals surface area contributed by atoms with Gasteiger partial charge < -0.3 is 15.1 Å². The molecule has 2 N–H and O–H groups in total. The molecule has 2 unspecified atom stereocenters. The van der Waals surface area contributed by atoms with E-state index in [1.165, 1.54) is 0 Å². The quantitative estimate of drug-likeness (QED) is 0.891. The molecule has 2 rings (SSSR count). The van der Waals surface area contributed by atoms with E-state index in [1.54, 1.807) is 24.1 Å². The number of aliphatic hydroxyl groups is 1. The molecule has 1 aliphatic carbocycles. The zero-order chi connectivity index (χ0) is 14.7. The van der Waals surface area contributed by atoms with Gasteiger partial charge in [-0.2, -0.15) is 0 Å². The van der Waals surface area contributed by atoms with Gasteiger partial charge in [0.15, 0.2) is 0 Å². The summed E-state index contributed by atoms with van der Waals surface area (Å²) in [5.74, 6) is -0.0309. The second-order valence-electron chi connectivity index (χ2n) is 5.82. The number of amides is 1. The molecule has 4 heteroatoms.